The minimum absolute atomic E-state index is 0.0684. The Balaban J connectivity index is 1.91. The summed E-state index contributed by atoms with van der Waals surface area (Å²) in [4.78, 5) is 22.0. The number of para-hydroxylation sites is 2. The van der Waals surface area contributed by atoms with Crippen molar-refractivity contribution in [2.75, 3.05) is 11.1 Å². The summed E-state index contributed by atoms with van der Waals surface area (Å²) in [5, 5.41) is 2.87. The summed E-state index contributed by atoms with van der Waals surface area (Å²) in [5.41, 5.74) is 9.52. The molecule has 0 radical (unpaired) electrons. The summed E-state index contributed by atoms with van der Waals surface area (Å²) in [6.07, 6.45) is 0.840. The third kappa shape index (κ3) is 2.95. The molecule has 138 valence electrons. The molecule has 0 fully saturated rings. The standard InChI is InChI=1S/C19H18BrN5O2/c1-3-10(2)25-17(24-19(26)13-8-9-14(20)27-13)15(21)16-18(25)23-12-7-5-4-6-11(12)22-16/h4-10H,3,21H2,1-2H3,(H,24,26). The summed E-state index contributed by atoms with van der Waals surface area (Å²) in [7, 11) is 0. The second-order valence-electron chi connectivity index (χ2n) is 6.33. The Morgan fingerprint density at radius 1 is 1.26 bits per heavy atom. The monoisotopic (exact) mass is 427 g/mol. The van der Waals surface area contributed by atoms with E-state index in [4.69, 9.17) is 15.1 Å². The van der Waals surface area contributed by atoms with Gasteiger partial charge in [0.25, 0.3) is 5.91 Å². The number of furan rings is 1. The van der Waals surface area contributed by atoms with Crippen molar-refractivity contribution in [3.63, 3.8) is 0 Å². The molecule has 1 unspecified atom stereocenters. The first-order valence-electron chi connectivity index (χ1n) is 8.62. The highest BCUT2D eigenvalue weighted by atomic mass is 79.9. The van der Waals surface area contributed by atoms with Crippen molar-refractivity contribution >= 4 is 55.5 Å². The van der Waals surface area contributed by atoms with Crippen molar-refractivity contribution in [1.82, 2.24) is 14.5 Å². The molecule has 4 rings (SSSR count). The molecule has 1 aromatic carbocycles. The lowest BCUT2D eigenvalue weighted by atomic mass is 10.2. The van der Waals surface area contributed by atoms with Crippen molar-refractivity contribution < 1.29 is 9.21 Å². The van der Waals surface area contributed by atoms with Gasteiger partial charge in [0.2, 0.25) is 0 Å². The van der Waals surface area contributed by atoms with Crippen LogP contribution in [-0.4, -0.2) is 20.4 Å². The van der Waals surface area contributed by atoms with Crippen LogP contribution in [0.15, 0.2) is 45.5 Å². The second kappa shape index (κ2) is 6.70. The maximum absolute atomic E-state index is 12.6. The molecule has 0 aliphatic heterocycles. The average molecular weight is 428 g/mol. The Morgan fingerprint density at radius 3 is 2.59 bits per heavy atom. The Morgan fingerprint density at radius 2 is 1.96 bits per heavy atom. The zero-order valence-corrected chi connectivity index (χ0v) is 16.4. The van der Waals surface area contributed by atoms with E-state index in [9.17, 15) is 4.79 Å². The zero-order chi connectivity index (χ0) is 19.1. The van der Waals surface area contributed by atoms with Crippen LogP contribution in [-0.2, 0) is 0 Å². The Kier molecular flexibility index (Phi) is 4.35. The molecule has 0 aliphatic carbocycles. The first-order valence-corrected chi connectivity index (χ1v) is 9.41. The van der Waals surface area contributed by atoms with E-state index in [1.54, 1.807) is 12.1 Å². The topological polar surface area (TPSA) is 99.0 Å². The zero-order valence-electron chi connectivity index (χ0n) is 14.9. The van der Waals surface area contributed by atoms with Gasteiger partial charge in [0, 0.05) is 6.04 Å². The molecule has 3 N–H and O–H groups in total. The minimum atomic E-state index is -0.385. The van der Waals surface area contributed by atoms with Gasteiger partial charge < -0.3 is 20.0 Å². The molecule has 0 aliphatic rings. The smallest absolute Gasteiger partial charge is 0.292 e. The van der Waals surface area contributed by atoms with Crippen molar-refractivity contribution in [3.05, 3.63) is 46.8 Å². The molecular formula is C19H18BrN5O2. The predicted molar refractivity (Wildman–Crippen MR) is 109 cm³/mol. The van der Waals surface area contributed by atoms with E-state index in [1.807, 2.05) is 28.8 Å². The van der Waals surface area contributed by atoms with Gasteiger partial charge in [0.05, 0.1) is 11.0 Å². The molecule has 0 spiro atoms. The van der Waals surface area contributed by atoms with Gasteiger partial charge in [-0.3, -0.25) is 4.79 Å². The van der Waals surface area contributed by atoms with Crippen LogP contribution in [0.3, 0.4) is 0 Å². The van der Waals surface area contributed by atoms with Crippen LogP contribution in [0.4, 0.5) is 11.5 Å². The number of hydrogen-bond acceptors (Lipinski definition) is 5. The number of benzene rings is 1. The maximum atomic E-state index is 12.6. The number of nitrogen functional groups attached to an aromatic ring is 1. The van der Waals surface area contributed by atoms with Crippen LogP contribution in [0.25, 0.3) is 22.2 Å². The fourth-order valence-corrected chi connectivity index (χ4v) is 3.34. The Labute approximate surface area is 163 Å². The molecular weight excluding hydrogens is 410 g/mol. The van der Waals surface area contributed by atoms with Gasteiger partial charge in [-0.25, -0.2) is 9.97 Å². The molecule has 3 aromatic heterocycles. The van der Waals surface area contributed by atoms with Crippen molar-refractivity contribution in [1.29, 1.82) is 0 Å². The van der Waals surface area contributed by atoms with E-state index in [2.05, 4.69) is 40.1 Å². The predicted octanol–water partition coefficient (Wildman–Crippen LogP) is 4.75. The van der Waals surface area contributed by atoms with E-state index < -0.39 is 0 Å². The van der Waals surface area contributed by atoms with Crippen LogP contribution in [0.5, 0.6) is 0 Å². The largest absolute Gasteiger partial charge is 0.444 e. The number of amides is 1. The van der Waals surface area contributed by atoms with E-state index in [-0.39, 0.29) is 17.7 Å². The van der Waals surface area contributed by atoms with Gasteiger partial charge in [-0.05, 0) is 53.5 Å². The van der Waals surface area contributed by atoms with E-state index in [0.29, 0.717) is 27.3 Å². The molecule has 1 amide bonds. The average Bonchev–Trinajstić information content (AvgIpc) is 3.22. The number of nitrogens with one attached hydrogen (secondary N) is 1. The number of nitrogens with zero attached hydrogens (tertiary/aromatic N) is 3. The number of carbonyl (C=O) groups excluding carboxylic acids is 1. The highest BCUT2D eigenvalue weighted by Gasteiger charge is 2.24. The first kappa shape index (κ1) is 17.5. The minimum Gasteiger partial charge on any atom is -0.444 e. The Hall–Kier alpha value is -2.87. The van der Waals surface area contributed by atoms with Gasteiger partial charge in [0.1, 0.15) is 17.0 Å². The van der Waals surface area contributed by atoms with Crippen molar-refractivity contribution in [2.45, 2.75) is 26.3 Å². The number of hydrogen-bond donors (Lipinski definition) is 2. The Bertz CT molecular complexity index is 1160. The van der Waals surface area contributed by atoms with Gasteiger partial charge >= 0.3 is 0 Å². The van der Waals surface area contributed by atoms with E-state index in [0.717, 1.165) is 17.5 Å². The summed E-state index contributed by atoms with van der Waals surface area (Å²) in [6.45, 7) is 4.12. The van der Waals surface area contributed by atoms with Gasteiger partial charge in [-0.2, -0.15) is 0 Å². The van der Waals surface area contributed by atoms with Crippen LogP contribution >= 0.6 is 15.9 Å². The number of aromatic nitrogens is 3. The van der Waals surface area contributed by atoms with Crippen molar-refractivity contribution in [2.24, 2.45) is 0 Å². The lowest BCUT2D eigenvalue weighted by Gasteiger charge is -2.17. The third-order valence-corrected chi connectivity index (χ3v) is 5.02. The molecule has 4 aromatic rings. The van der Waals surface area contributed by atoms with Crippen LogP contribution < -0.4 is 11.1 Å². The molecule has 0 bridgehead atoms. The number of nitrogens with two attached hydrogens (primary N) is 1. The highest BCUT2D eigenvalue weighted by Crippen LogP contribution is 2.35. The van der Waals surface area contributed by atoms with E-state index >= 15 is 0 Å². The number of fused-ring (bicyclic) bond motifs is 2. The lowest BCUT2D eigenvalue weighted by molar-refractivity contribution is 0.0994. The second-order valence-corrected chi connectivity index (χ2v) is 7.11. The third-order valence-electron chi connectivity index (χ3n) is 4.59. The van der Waals surface area contributed by atoms with Crippen LogP contribution in [0, 0.1) is 0 Å². The lowest BCUT2D eigenvalue weighted by Crippen LogP contribution is -2.17. The van der Waals surface area contributed by atoms with Crippen molar-refractivity contribution in [3.8, 4) is 0 Å². The first-order chi connectivity index (χ1) is 13.0. The molecule has 7 nitrogen and oxygen atoms in total. The fraction of sp³-hybridized carbons (Fsp3) is 0.211. The van der Waals surface area contributed by atoms with Crippen LogP contribution in [0.2, 0.25) is 0 Å². The summed E-state index contributed by atoms with van der Waals surface area (Å²) in [6, 6.07) is 10.9. The SMILES string of the molecule is CCC(C)n1c(NC(=O)c2ccc(Br)o2)c(N)c2nc3ccccc3nc21. The molecule has 8 heteroatoms. The number of halogens is 1. The molecule has 27 heavy (non-hydrogen) atoms. The van der Waals surface area contributed by atoms with Gasteiger partial charge in [-0.15, -0.1) is 0 Å². The number of rotatable bonds is 4. The molecule has 0 saturated heterocycles. The fourth-order valence-electron chi connectivity index (χ4n) is 3.03. The molecule has 3 heterocycles. The molecule has 1 atom stereocenters. The normalized spacial score (nSPS) is 12.6. The maximum Gasteiger partial charge on any atom is 0.292 e. The van der Waals surface area contributed by atoms with Gasteiger partial charge in [0.15, 0.2) is 16.1 Å². The highest BCUT2D eigenvalue weighted by molar-refractivity contribution is 9.10. The summed E-state index contributed by atoms with van der Waals surface area (Å²) >= 11 is 3.21. The number of anilines is 2. The quantitative estimate of drug-likeness (QED) is 0.489. The number of carbonyl (C=O) groups is 1. The summed E-state index contributed by atoms with van der Waals surface area (Å²) in [5.74, 6) is 0.282. The van der Waals surface area contributed by atoms with Crippen LogP contribution in [0.1, 0.15) is 36.9 Å². The van der Waals surface area contributed by atoms with E-state index in [1.165, 1.54) is 0 Å². The molecule has 0 saturated carbocycles. The van der Waals surface area contributed by atoms with Gasteiger partial charge in [-0.1, -0.05) is 19.1 Å². The summed E-state index contributed by atoms with van der Waals surface area (Å²) < 4.78 is 7.76.